The van der Waals surface area contributed by atoms with Crippen molar-refractivity contribution in [3.8, 4) is 0 Å². The highest BCUT2D eigenvalue weighted by molar-refractivity contribution is 9.09. The zero-order valence-corrected chi connectivity index (χ0v) is 14.8. The number of halogens is 2. The zero-order valence-electron chi connectivity index (χ0n) is 10.8. The Morgan fingerprint density at radius 2 is 1.68 bits per heavy atom. The fourth-order valence-electron chi connectivity index (χ4n) is 2.23. The Labute approximate surface area is 136 Å². The molecule has 102 valence electrons. The lowest BCUT2D eigenvalue weighted by Crippen LogP contribution is -2.28. The molecule has 0 atom stereocenters. The third kappa shape index (κ3) is 4.44. The Morgan fingerprint density at radius 3 is 2.26 bits per heavy atom. The second-order valence-corrected chi connectivity index (χ2v) is 6.96. The zero-order chi connectivity index (χ0) is 13.6. The van der Waals surface area contributed by atoms with Gasteiger partial charge in [-0.05, 0) is 52.6 Å². The first-order valence-corrected chi connectivity index (χ1v) is 9.63. The van der Waals surface area contributed by atoms with E-state index in [0.29, 0.717) is 5.41 Å². The lowest BCUT2D eigenvalue weighted by atomic mass is 9.81. The minimum Gasteiger partial charge on any atom is -0.152 e. The van der Waals surface area contributed by atoms with Crippen molar-refractivity contribution in [2.24, 2.45) is 5.41 Å². The van der Waals surface area contributed by atoms with Gasteiger partial charge in [-0.25, -0.2) is 0 Å². The average molecular weight is 402 g/mol. The van der Waals surface area contributed by atoms with Crippen molar-refractivity contribution in [1.82, 2.24) is 0 Å². The molecule has 0 bridgehead atoms. The van der Waals surface area contributed by atoms with Gasteiger partial charge in [0.05, 0.1) is 0 Å². The molecule has 0 nitrogen and oxygen atoms in total. The van der Waals surface area contributed by atoms with Gasteiger partial charge in [0, 0.05) is 10.7 Å². The molecule has 0 spiro atoms. The van der Waals surface area contributed by atoms with Gasteiger partial charge in [-0.2, -0.15) is 11.3 Å². The Bertz CT molecular complexity index is 461. The summed E-state index contributed by atoms with van der Waals surface area (Å²) in [5, 5.41) is 6.49. The molecule has 1 heterocycles. The number of benzene rings is 1. The topological polar surface area (TPSA) is 0 Å². The molecule has 2 aromatic rings. The van der Waals surface area contributed by atoms with Crippen LogP contribution in [0.25, 0.3) is 0 Å². The summed E-state index contributed by atoms with van der Waals surface area (Å²) in [5.41, 5.74) is 3.18. The Balaban J connectivity index is 2.04. The van der Waals surface area contributed by atoms with Crippen LogP contribution in [0.3, 0.4) is 0 Å². The van der Waals surface area contributed by atoms with Crippen LogP contribution in [0.5, 0.6) is 0 Å². The molecule has 3 heteroatoms. The number of thiophene rings is 1. The van der Waals surface area contributed by atoms with Gasteiger partial charge in [0.2, 0.25) is 0 Å². The Kier molecular flexibility index (Phi) is 6.11. The quantitative estimate of drug-likeness (QED) is 0.522. The summed E-state index contributed by atoms with van der Waals surface area (Å²) in [5.74, 6) is 0. The lowest BCUT2D eigenvalue weighted by molar-refractivity contribution is 0.356. The van der Waals surface area contributed by atoms with E-state index in [9.17, 15) is 0 Å². The van der Waals surface area contributed by atoms with Crippen LogP contribution in [0.2, 0.25) is 0 Å². The molecule has 0 saturated carbocycles. The largest absolute Gasteiger partial charge is 0.152 e. The number of aryl methyl sites for hydroxylation is 1. The predicted octanol–water partition coefficient (Wildman–Crippen LogP) is 5.70. The maximum absolute atomic E-state index is 3.73. The first-order valence-electron chi connectivity index (χ1n) is 6.45. The van der Waals surface area contributed by atoms with E-state index in [2.05, 4.69) is 79.0 Å². The summed E-state index contributed by atoms with van der Waals surface area (Å²) in [6.07, 6.45) is 3.48. The summed E-state index contributed by atoms with van der Waals surface area (Å²) in [7, 11) is 0. The minimum absolute atomic E-state index is 0.295. The number of hydrogen-bond donors (Lipinski definition) is 0. The standard InChI is InChI=1S/C16H18Br2S/c17-12-16(13-18,8-6-15-7-9-19-11-15)10-14-4-2-1-3-5-14/h1-5,7,9,11H,6,8,10,12-13H2. The van der Waals surface area contributed by atoms with Crippen LogP contribution in [0.15, 0.2) is 47.2 Å². The van der Waals surface area contributed by atoms with Crippen molar-refractivity contribution in [3.63, 3.8) is 0 Å². The third-order valence-electron chi connectivity index (χ3n) is 3.51. The van der Waals surface area contributed by atoms with Crippen LogP contribution >= 0.6 is 43.2 Å². The molecule has 0 radical (unpaired) electrons. The lowest BCUT2D eigenvalue weighted by Gasteiger charge is -2.30. The van der Waals surface area contributed by atoms with Gasteiger partial charge in [0.15, 0.2) is 0 Å². The van der Waals surface area contributed by atoms with E-state index >= 15 is 0 Å². The number of hydrogen-bond acceptors (Lipinski definition) is 1. The van der Waals surface area contributed by atoms with Crippen molar-refractivity contribution >= 4 is 43.2 Å². The van der Waals surface area contributed by atoms with Gasteiger partial charge in [-0.1, -0.05) is 62.2 Å². The molecule has 0 saturated heterocycles. The maximum Gasteiger partial charge on any atom is 0.00992 e. The normalized spacial score (nSPS) is 11.7. The summed E-state index contributed by atoms with van der Waals surface area (Å²) in [4.78, 5) is 0. The molecule has 0 amide bonds. The van der Waals surface area contributed by atoms with Crippen LogP contribution in [0.1, 0.15) is 17.5 Å². The van der Waals surface area contributed by atoms with Gasteiger partial charge < -0.3 is 0 Å². The second-order valence-electron chi connectivity index (χ2n) is 5.06. The van der Waals surface area contributed by atoms with Crippen LogP contribution in [0, 0.1) is 5.41 Å². The molecule has 19 heavy (non-hydrogen) atoms. The summed E-state index contributed by atoms with van der Waals surface area (Å²) in [6, 6.07) is 13.0. The van der Waals surface area contributed by atoms with Crippen LogP contribution in [0.4, 0.5) is 0 Å². The Morgan fingerprint density at radius 1 is 0.947 bits per heavy atom. The molecule has 1 aromatic carbocycles. The first kappa shape index (κ1) is 15.3. The average Bonchev–Trinajstić information content (AvgIpc) is 2.98. The van der Waals surface area contributed by atoms with E-state index in [-0.39, 0.29) is 0 Å². The highest BCUT2D eigenvalue weighted by atomic mass is 79.9. The fraction of sp³-hybridized carbons (Fsp3) is 0.375. The number of alkyl halides is 2. The SMILES string of the molecule is BrCC(CBr)(CCc1ccsc1)Cc1ccccc1. The van der Waals surface area contributed by atoms with Crippen molar-refractivity contribution in [1.29, 1.82) is 0 Å². The highest BCUT2D eigenvalue weighted by Crippen LogP contribution is 2.33. The molecular weight excluding hydrogens is 384 g/mol. The molecule has 2 rings (SSSR count). The van der Waals surface area contributed by atoms with Crippen molar-refractivity contribution in [2.75, 3.05) is 10.7 Å². The second kappa shape index (κ2) is 7.61. The number of rotatable bonds is 7. The van der Waals surface area contributed by atoms with Gasteiger partial charge in [-0.3, -0.25) is 0 Å². The monoisotopic (exact) mass is 400 g/mol. The van der Waals surface area contributed by atoms with E-state index in [0.717, 1.165) is 23.5 Å². The molecule has 0 fully saturated rings. The summed E-state index contributed by atoms with van der Waals surface area (Å²) in [6.45, 7) is 0. The van der Waals surface area contributed by atoms with Crippen molar-refractivity contribution in [3.05, 3.63) is 58.3 Å². The van der Waals surface area contributed by atoms with Gasteiger partial charge in [-0.15, -0.1) is 0 Å². The third-order valence-corrected chi connectivity index (χ3v) is 6.62. The highest BCUT2D eigenvalue weighted by Gasteiger charge is 2.27. The minimum atomic E-state index is 0.295. The summed E-state index contributed by atoms with van der Waals surface area (Å²) >= 11 is 9.24. The van der Waals surface area contributed by atoms with Gasteiger partial charge >= 0.3 is 0 Å². The molecular formula is C16H18Br2S. The van der Waals surface area contributed by atoms with Gasteiger partial charge in [0.25, 0.3) is 0 Å². The summed E-state index contributed by atoms with van der Waals surface area (Å²) < 4.78 is 0. The van der Waals surface area contributed by atoms with E-state index in [4.69, 9.17) is 0 Å². The predicted molar refractivity (Wildman–Crippen MR) is 92.8 cm³/mol. The molecule has 0 aliphatic carbocycles. The molecule has 0 aliphatic heterocycles. The van der Waals surface area contributed by atoms with Crippen molar-refractivity contribution < 1.29 is 0 Å². The van der Waals surface area contributed by atoms with E-state index in [1.807, 2.05) is 0 Å². The van der Waals surface area contributed by atoms with E-state index in [1.165, 1.54) is 17.5 Å². The van der Waals surface area contributed by atoms with E-state index < -0.39 is 0 Å². The van der Waals surface area contributed by atoms with E-state index in [1.54, 1.807) is 11.3 Å². The Hall–Kier alpha value is -0.120. The molecule has 1 aromatic heterocycles. The molecule has 0 N–H and O–H groups in total. The first-order chi connectivity index (χ1) is 9.28. The van der Waals surface area contributed by atoms with Crippen molar-refractivity contribution in [2.45, 2.75) is 19.3 Å². The molecule has 0 unspecified atom stereocenters. The smallest absolute Gasteiger partial charge is 0.00992 e. The van der Waals surface area contributed by atoms with Gasteiger partial charge in [0.1, 0.15) is 0 Å². The molecule has 0 aliphatic rings. The van der Waals surface area contributed by atoms with Crippen LogP contribution in [-0.4, -0.2) is 10.7 Å². The maximum atomic E-state index is 3.73. The van der Waals surface area contributed by atoms with Crippen LogP contribution < -0.4 is 0 Å². The van der Waals surface area contributed by atoms with Crippen LogP contribution in [-0.2, 0) is 12.8 Å². The fourth-order valence-corrected chi connectivity index (χ4v) is 4.81.